The molecule has 0 bridgehead atoms. The lowest BCUT2D eigenvalue weighted by Gasteiger charge is -2.13. The molecule has 92 valence electrons. The highest BCUT2D eigenvalue weighted by molar-refractivity contribution is 5.97. The highest BCUT2D eigenvalue weighted by Gasteiger charge is 2.30. The number of aliphatic hydroxyl groups is 2. The number of likely N-dealkylation sites (tertiary alicyclic amines) is 1. The third kappa shape index (κ3) is 2.88. The second-order valence-corrected chi connectivity index (χ2v) is 4.26. The average molecular weight is 239 g/mol. The Morgan fingerprint density at radius 2 is 2.00 bits per heavy atom. The van der Waals surface area contributed by atoms with E-state index < -0.39 is 18.0 Å². The van der Waals surface area contributed by atoms with Crippen molar-refractivity contribution in [1.29, 1.82) is 0 Å². The quantitative estimate of drug-likeness (QED) is 0.731. The topological polar surface area (TPSA) is 60.8 Å². The largest absolute Gasteiger partial charge is 0.389 e. The molecule has 1 fully saturated rings. The van der Waals surface area contributed by atoms with Gasteiger partial charge in [0.05, 0.1) is 18.8 Å². The van der Waals surface area contributed by atoms with Crippen molar-refractivity contribution in [1.82, 2.24) is 4.90 Å². The van der Waals surface area contributed by atoms with Crippen LogP contribution in [-0.2, 0) is 0 Å². The number of nitrogens with zero attached hydrogens (tertiary/aromatic N) is 1. The van der Waals surface area contributed by atoms with Crippen LogP contribution in [0.5, 0.6) is 0 Å². The first-order valence-electron chi connectivity index (χ1n) is 5.43. The summed E-state index contributed by atoms with van der Waals surface area (Å²) < 4.78 is 12.9. The number of benzene rings is 1. The fourth-order valence-electron chi connectivity index (χ4n) is 1.93. The molecule has 1 aliphatic rings. The molecular weight excluding hydrogens is 225 g/mol. The summed E-state index contributed by atoms with van der Waals surface area (Å²) in [7, 11) is 0. The van der Waals surface area contributed by atoms with Crippen LogP contribution in [0.4, 0.5) is 4.39 Å². The van der Waals surface area contributed by atoms with Crippen LogP contribution in [-0.4, -0.2) is 52.7 Å². The van der Waals surface area contributed by atoms with E-state index in [1.54, 1.807) is 11.0 Å². The average Bonchev–Trinajstić information content (AvgIpc) is 2.58. The first kappa shape index (κ1) is 12.2. The molecule has 1 aromatic rings. The minimum Gasteiger partial charge on any atom is -0.389 e. The molecule has 0 amide bonds. The standard InChI is InChI=1S/C12H14FNO3/c13-9-3-1-2-8(4-9)10(15)5-14-6-11(16)12(17)7-14/h1-4,11-12,16-17H,5-7H2. The number of hydrogen-bond acceptors (Lipinski definition) is 4. The second kappa shape index (κ2) is 4.91. The Labute approximate surface area is 98.3 Å². The molecule has 1 saturated heterocycles. The molecule has 4 nitrogen and oxygen atoms in total. The zero-order valence-electron chi connectivity index (χ0n) is 9.21. The highest BCUT2D eigenvalue weighted by Crippen LogP contribution is 2.12. The van der Waals surface area contributed by atoms with Crippen molar-refractivity contribution < 1.29 is 19.4 Å². The lowest BCUT2D eigenvalue weighted by atomic mass is 10.1. The molecule has 1 aromatic carbocycles. The van der Waals surface area contributed by atoms with Crippen molar-refractivity contribution in [3.8, 4) is 0 Å². The smallest absolute Gasteiger partial charge is 0.176 e. The molecule has 1 aliphatic heterocycles. The van der Waals surface area contributed by atoms with Crippen molar-refractivity contribution >= 4 is 5.78 Å². The maximum Gasteiger partial charge on any atom is 0.176 e. The Morgan fingerprint density at radius 1 is 1.35 bits per heavy atom. The summed E-state index contributed by atoms with van der Waals surface area (Å²) in [5, 5.41) is 18.7. The van der Waals surface area contributed by atoms with Crippen LogP contribution in [0.1, 0.15) is 10.4 Å². The fraction of sp³-hybridized carbons (Fsp3) is 0.417. The van der Waals surface area contributed by atoms with Gasteiger partial charge in [-0.1, -0.05) is 12.1 Å². The Morgan fingerprint density at radius 3 is 2.59 bits per heavy atom. The van der Waals surface area contributed by atoms with Gasteiger partial charge in [0.1, 0.15) is 5.82 Å². The lowest BCUT2D eigenvalue weighted by Crippen LogP contribution is -2.28. The number of rotatable bonds is 3. The Kier molecular flexibility index (Phi) is 3.51. The van der Waals surface area contributed by atoms with E-state index in [1.165, 1.54) is 18.2 Å². The Bertz CT molecular complexity index is 414. The number of halogens is 1. The zero-order chi connectivity index (χ0) is 12.4. The van der Waals surface area contributed by atoms with Gasteiger partial charge in [-0.05, 0) is 12.1 Å². The summed E-state index contributed by atoms with van der Waals surface area (Å²) in [5.41, 5.74) is 0.306. The minimum absolute atomic E-state index is 0.0809. The maximum absolute atomic E-state index is 12.9. The van der Waals surface area contributed by atoms with Gasteiger partial charge in [0.25, 0.3) is 0 Å². The van der Waals surface area contributed by atoms with Crippen molar-refractivity contribution in [2.75, 3.05) is 19.6 Å². The zero-order valence-corrected chi connectivity index (χ0v) is 9.21. The molecule has 0 spiro atoms. The van der Waals surface area contributed by atoms with Crippen LogP contribution in [0.25, 0.3) is 0 Å². The van der Waals surface area contributed by atoms with Gasteiger partial charge in [-0.2, -0.15) is 0 Å². The number of Topliss-reactive ketones (excluding diaryl/α,β-unsaturated/α-hetero) is 1. The van der Waals surface area contributed by atoms with E-state index in [1.807, 2.05) is 0 Å². The molecule has 0 radical (unpaired) electrons. The van der Waals surface area contributed by atoms with Crippen molar-refractivity contribution in [3.63, 3.8) is 0 Å². The summed E-state index contributed by atoms with van der Waals surface area (Å²) in [5.74, 6) is -0.664. The molecular formula is C12H14FNO3. The van der Waals surface area contributed by atoms with E-state index in [-0.39, 0.29) is 25.4 Å². The van der Waals surface area contributed by atoms with E-state index in [0.29, 0.717) is 5.56 Å². The van der Waals surface area contributed by atoms with Crippen molar-refractivity contribution in [2.24, 2.45) is 0 Å². The molecule has 2 atom stereocenters. The lowest BCUT2D eigenvalue weighted by molar-refractivity contribution is 0.0572. The van der Waals surface area contributed by atoms with Crippen molar-refractivity contribution in [3.05, 3.63) is 35.6 Å². The predicted octanol–water partition coefficient (Wildman–Crippen LogP) is 0.0458. The normalized spacial score (nSPS) is 25.1. The molecule has 2 N–H and O–H groups in total. The molecule has 2 rings (SSSR count). The van der Waals surface area contributed by atoms with E-state index in [2.05, 4.69) is 0 Å². The molecule has 0 aliphatic carbocycles. The summed E-state index contributed by atoms with van der Waals surface area (Å²) in [6.45, 7) is 0.613. The van der Waals surface area contributed by atoms with Gasteiger partial charge in [-0.25, -0.2) is 4.39 Å². The molecule has 5 heteroatoms. The van der Waals surface area contributed by atoms with Crippen LogP contribution in [0.2, 0.25) is 0 Å². The summed E-state index contributed by atoms with van der Waals surface area (Å²) in [4.78, 5) is 13.4. The van der Waals surface area contributed by atoms with Crippen LogP contribution in [0, 0.1) is 5.82 Å². The number of hydrogen-bond donors (Lipinski definition) is 2. The monoisotopic (exact) mass is 239 g/mol. The van der Waals surface area contributed by atoms with Gasteiger partial charge < -0.3 is 10.2 Å². The van der Waals surface area contributed by atoms with Gasteiger partial charge >= 0.3 is 0 Å². The van der Waals surface area contributed by atoms with E-state index in [9.17, 15) is 19.4 Å². The molecule has 2 unspecified atom stereocenters. The fourth-order valence-corrected chi connectivity index (χ4v) is 1.93. The molecule has 17 heavy (non-hydrogen) atoms. The number of β-amino-alcohol motifs (C(OH)–C–C–N with tert-alkyl or cyclic N) is 2. The Balaban J connectivity index is 1.98. The van der Waals surface area contributed by atoms with Crippen LogP contribution < -0.4 is 0 Å². The number of ketones is 1. The van der Waals surface area contributed by atoms with Crippen LogP contribution in [0.15, 0.2) is 24.3 Å². The van der Waals surface area contributed by atoms with E-state index >= 15 is 0 Å². The highest BCUT2D eigenvalue weighted by atomic mass is 19.1. The van der Waals surface area contributed by atoms with Gasteiger partial charge in [0.2, 0.25) is 0 Å². The first-order valence-corrected chi connectivity index (χ1v) is 5.43. The number of carbonyl (C=O) groups is 1. The Hall–Kier alpha value is -1.30. The summed E-state index contributed by atoms with van der Waals surface area (Å²) in [6.07, 6.45) is -1.62. The predicted molar refractivity (Wildman–Crippen MR) is 59.2 cm³/mol. The van der Waals surface area contributed by atoms with Gasteiger partial charge in [0.15, 0.2) is 5.78 Å². The SMILES string of the molecule is O=C(CN1CC(O)C(O)C1)c1cccc(F)c1. The second-order valence-electron chi connectivity index (χ2n) is 4.26. The van der Waals surface area contributed by atoms with E-state index in [4.69, 9.17) is 0 Å². The van der Waals surface area contributed by atoms with Crippen molar-refractivity contribution in [2.45, 2.75) is 12.2 Å². The molecule has 1 heterocycles. The van der Waals surface area contributed by atoms with Crippen LogP contribution in [0.3, 0.4) is 0 Å². The summed E-state index contributed by atoms with van der Waals surface area (Å²) in [6, 6.07) is 5.50. The molecule has 0 saturated carbocycles. The maximum atomic E-state index is 12.9. The first-order chi connectivity index (χ1) is 8.06. The molecule has 0 aromatic heterocycles. The number of carbonyl (C=O) groups excluding carboxylic acids is 1. The number of aliphatic hydroxyl groups excluding tert-OH is 2. The third-order valence-electron chi connectivity index (χ3n) is 2.85. The van der Waals surface area contributed by atoms with E-state index in [0.717, 1.165) is 0 Å². The minimum atomic E-state index is -0.810. The van der Waals surface area contributed by atoms with Crippen LogP contribution >= 0.6 is 0 Å². The van der Waals surface area contributed by atoms with Gasteiger partial charge in [0, 0.05) is 18.7 Å². The van der Waals surface area contributed by atoms with Gasteiger partial charge in [-0.3, -0.25) is 9.69 Å². The third-order valence-corrected chi connectivity index (χ3v) is 2.85. The summed E-state index contributed by atoms with van der Waals surface area (Å²) >= 11 is 0. The van der Waals surface area contributed by atoms with Gasteiger partial charge in [-0.15, -0.1) is 0 Å².